The smallest absolute Gasteiger partial charge is 0.258 e. The van der Waals surface area contributed by atoms with E-state index in [4.69, 9.17) is 14.5 Å². The summed E-state index contributed by atoms with van der Waals surface area (Å²) in [5.74, 6) is 2.20. The van der Waals surface area contributed by atoms with Gasteiger partial charge in [-0.2, -0.15) is 0 Å². The van der Waals surface area contributed by atoms with Gasteiger partial charge in [0.25, 0.3) is 5.91 Å². The van der Waals surface area contributed by atoms with Gasteiger partial charge in [-0.25, -0.2) is 0 Å². The van der Waals surface area contributed by atoms with E-state index in [-0.39, 0.29) is 12.5 Å². The molecule has 1 saturated carbocycles. The summed E-state index contributed by atoms with van der Waals surface area (Å²) in [4.78, 5) is 18.7. The van der Waals surface area contributed by atoms with Crippen LogP contribution in [0.5, 0.6) is 5.75 Å². The number of hydrogen-bond acceptors (Lipinski definition) is 4. The van der Waals surface area contributed by atoms with Gasteiger partial charge in [-0.15, -0.1) is 0 Å². The Morgan fingerprint density at radius 1 is 1.28 bits per heavy atom. The summed E-state index contributed by atoms with van der Waals surface area (Å²) >= 11 is 0. The van der Waals surface area contributed by atoms with Crippen LogP contribution in [0.3, 0.4) is 0 Å². The SMILES string of the molecule is CCNC(=NCCc1ccc(OCC(=O)NC2CC2)cc1)N(C)CC1CCOC1. The second-order valence-electron chi connectivity index (χ2n) is 7.87. The molecule has 1 unspecified atom stereocenters. The molecule has 29 heavy (non-hydrogen) atoms. The van der Waals surface area contributed by atoms with E-state index in [1.807, 2.05) is 24.3 Å². The van der Waals surface area contributed by atoms with Gasteiger partial charge in [-0.05, 0) is 50.3 Å². The Hall–Kier alpha value is -2.28. The maximum absolute atomic E-state index is 11.7. The summed E-state index contributed by atoms with van der Waals surface area (Å²) < 4.78 is 11.0. The number of benzene rings is 1. The van der Waals surface area contributed by atoms with Gasteiger partial charge in [0.05, 0.1) is 6.61 Å². The second-order valence-corrected chi connectivity index (χ2v) is 7.87. The molecule has 0 aromatic heterocycles. The third-order valence-electron chi connectivity index (χ3n) is 5.15. The standard InChI is InChI=1S/C22H34N4O3/c1-3-23-22(26(2)14-18-11-13-28-15-18)24-12-10-17-4-8-20(9-5-17)29-16-21(27)25-19-6-7-19/h4-5,8-9,18-19H,3,6-7,10-16H2,1-2H3,(H,23,24)(H,25,27). The number of ether oxygens (including phenoxy) is 2. The monoisotopic (exact) mass is 402 g/mol. The summed E-state index contributed by atoms with van der Waals surface area (Å²) in [7, 11) is 2.09. The van der Waals surface area contributed by atoms with Crippen LogP contribution in [0.4, 0.5) is 0 Å². The van der Waals surface area contributed by atoms with Crippen molar-refractivity contribution in [1.29, 1.82) is 0 Å². The Kier molecular flexibility index (Phi) is 8.16. The Morgan fingerprint density at radius 3 is 2.72 bits per heavy atom. The van der Waals surface area contributed by atoms with Crippen molar-refractivity contribution < 1.29 is 14.3 Å². The van der Waals surface area contributed by atoms with E-state index in [0.717, 1.165) is 70.2 Å². The van der Waals surface area contributed by atoms with Gasteiger partial charge in [0, 0.05) is 45.2 Å². The molecule has 1 amide bonds. The van der Waals surface area contributed by atoms with Gasteiger partial charge in [0.1, 0.15) is 5.75 Å². The van der Waals surface area contributed by atoms with Crippen molar-refractivity contribution in [3.05, 3.63) is 29.8 Å². The number of hydrogen-bond donors (Lipinski definition) is 2. The quantitative estimate of drug-likeness (QED) is 0.461. The summed E-state index contributed by atoms with van der Waals surface area (Å²) in [5.41, 5.74) is 1.20. The van der Waals surface area contributed by atoms with Gasteiger partial charge in [0.15, 0.2) is 12.6 Å². The van der Waals surface area contributed by atoms with Crippen molar-refractivity contribution in [2.75, 3.05) is 46.5 Å². The highest BCUT2D eigenvalue weighted by Crippen LogP contribution is 2.18. The zero-order chi connectivity index (χ0) is 20.5. The van der Waals surface area contributed by atoms with E-state index in [0.29, 0.717) is 12.0 Å². The van der Waals surface area contributed by atoms with Crippen LogP contribution in [0, 0.1) is 5.92 Å². The molecule has 1 aliphatic heterocycles. The average Bonchev–Trinajstić information content (AvgIpc) is 3.38. The van der Waals surface area contributed by atoms with E-state index in [1.165, 1.54) is 5.56 Å². The van der Waals surface area contributed by atoms with Gasteiger partial charge in [-0.3, -0.25) is 9.79 Å². The Labute approximate surface area is 173 Å². The third-order valence-corrected chi connectivity index (χ3v) is 5.15. The molecule has 2 aliphatic rings. The van der Waals surface area contributed by atoms with Crippen molar-refractivity contribution in [2.24, 2.45) is 10.9 Å². The zero-order valence-corrected chi connectivity index (χ0v) is 17.7. The van der Waals surface area contributed by atoms with Crippen LogP contribution in [0.1, 0.15) is 31.7 Å². The maximum Gasteiger partial charge on any atom is 0.258 e. The lowest BCUT2D eigenvalue weighted by Crippen LogP contribution is -2.41. The Bertz CT molecular complexity index is 667. The third kappa shape index (κ3) is 7.57. The number of guanidine groups is 1. The number of nitrogens with zero attached hydrogens (tertiary/aromatic N) is 2. The molecule has 160 valence electrons. The molecule has 1 aliphatic carbocycles. The minimum Gasteiger partial charge on any atom is -0.484 e. The highest BCUT2D eigenvalue weighted by Gasteiger charge is 2.23. The van der Waals surface area contributed by atoms with E-state index in [2.05, 4.69) is 29.5 Å². The molecule has 0 spiro atoms. The lowest BCUT2D eigenvalue weighted by Gasteiger charge is -2.24. The fourth-order valence-electron chi connectivity index (χ4n) is 3.36. The predicted molar refractivity (Wildman–Crippen MR) is 114 cm³/mol. The van der Waals surface area contributed by atoms with Gasteiger partial charge in [0.2, 0.25) is 0 Å². The molecule has 7 heteroatoms. The van der Waals surface area contributed by atoms with Crippen LogP contribution < -0.4 is 15.4 Å². The van der Waals surface area contributed by atoms with Crippen molar-refractivity contribution >= 4 is 11.9 Å². The van der Waals surface area contributed by atoms with Crippen LogP contribution in [0.2, 0.25) is 0 Å². The highest BCUT2D eigenvalue weighted by atomic mass is 16.5. The van der Waals surface area contributed by atoms with Crippen LogP contribution in [-0.2, 0) is 16.0 Å². The number of aliphatic imine (C=N–C) groups is 1. The zero-order valence-electron chi connectivity index (χ0n) is 17.7. The van der Waals surface area contributed by atoms with Gasteiger partial charge < -0.3 is 25.0 Å². The van der Waals surface area contributed by atoms with Gasteiger partial charge in [-0.1, -0.05) is 12.1 Å². The fraction of sp³-hybridized carbons (Fsp3) is 0.636. The average molecular weight is 403 g/mol. The minimum absolute atomic E-state index is 0.0462. The second kappa shape index (κ2) is 11.0. The molecular formula is C22H34N4O3. The van der Waals surface area contributed by atoms with Crippen molar-refractivity contribution in [2.45, 2.75) is 38.6 Å². The molecule has 3 rings (SSSR count). The molecule has 1 atom stereocenters. The number of nitrogens with one attached hydrogen (secondary N) is 2. The van der Waals surface area contributed by atoms with Crippen LogP contribution in [0.15, 0.2) is 29.3 Å². The molecule has 2 N–H and O–H groups in total. The first-order chi connectivity index (χ1) is 14.1. The van der Waals surface area contributed by atoms with E-state index in [9.17, 15) is 4.79 Å². The molecule has 7 nitrogen and oxygen atoms in total. The van der Waals surface area contributed by atoms with E-state index < -0.39 is 0 Å². The first-order valence-corrected chi connectivity index (χ1v) is 10.7. The van der Waals surface area contributed by atoms with Crippen molar-refractivity contribution in [3.8, 4) is 5.75 Å². The normalized spacial score (nSPS) is 19.1. The van der Waals surface area contributed by atoms with Crippen LogP contribution in [-0.4, -0.2) is 69.3 Å². The number of amides is 1. The summed E-state index contributed by atoms with van der Waals surface area (Å²) in [5, 5.41) is 6.29. The Balaban J connectivity index is 1.42. The van der Waals surface area contributed by atoms with Gasteiger partial charge >= 0.3 is 0 Å². The topological polar surface area (TPSA) is 75.2 Å². The predicted octanol–water partition coefficient (Wildman–Crippen LogP) is 1.82. The first-order valence-electron chi connectivity index (χ1n) is 10.7. The van der Waals surface area contributed by atoms with Crippen LogP contribution in [0.25, 0.3) is 0 Å². The molecule has 2 fully saturated rings. The molecule has 1 aromatic carbocycles. The number of carbonyl (C=O) groups excluding carboxylic acids is 1. The summed E-state index contributed by atoms with van der Waals surface area (Å²) in [6, 6.07) is 8.28. The number of rotatable bonds is 10. The lowest BCUT2D eigenvalue weighted by atomic mass is 10.1. The largest absolute Gasteiger partial charge is 0.484 e. The lowest BCUT2D eigenvalue weighted by molar-refractivity contribution is -0.123. The molecular weight excluding hydrogens is 368 g/mol. The minimum atomic E-state index is -0.0462. The van der Waals surface area contributed by atoms with Crippen molar-refractivity contribution in [1.82, 2.24) is 15.5 Å². The Morgan fingerprint density at radius 2 is 2.07 bits per heavy atom. The maximum atomic E-state index is 11.7. The first kappa shape index (κ1) is 21.4. The fourth-order valence-corrected chi connectivity index (χ4v) is 3.36. The molecule has 1 aromatic rings. The molecule has 1 saturated heterocycles. The van der Waals surface area contributed by atoms with Crippen LogP contribution >= 0.6 is 0 Å². The summed E-state index contributed by atoms with van der Waals surface area (Å²) in [6.45, 7) is 6.42. The van der Waals surface area contributed by atoms with E-state index >= 15 is 0 Å². The van der Waals surface area contributed by atoms with Crippen molar-refractivity contribution in [3.63, 3.8) is 0 Å². The number of carbonyl (C=O) groups is 1. The molecule has 0 radical (unpaired) electrons. The van der Waals surface area contributed by atoms with E-state index in [1.54, 1.807) is 0 Å². The molecule has 0 bridgehead atoms. The summed E-state index contributed by atoms with van der Waals surface area (Å²) in [6.07, 6.45) is 4.16. The molecule has 1 heterocycles. The highest BCUT2D eigenvalue weighted by molar-refractivity contribution is 5.79.